The molecule has 1 aliphatic heterocycles. The maximum absolute atomic E-state index is 11.3. The summed E-state index contributed by atoms with van der Waals surface area (Å²) in [5.74, 6) is -0.996. The number of hydrogen-bond acceptors (Lipinski definition) is 3. The molecule has 4 nitrogen and oxygen atoms in total. The number of aliphatic hydroxyl groups is 1. The first-order chi connectivity index (χ1) is 9.26. The van der Waals surface area contributed by atoms with Crippen molar-refractivity contribution >= 4 is 5.97 Å². The molecule has 2 rings (SSSR count). The van der Waals surface area contributed by atoms with Gasteiger partial charge in [0.2, 0.25) is 0 Å². The van der Waals surface area contributed by atoms with Crippen molar-refractivity contribution in [3.63, 3.8) is 0 Å². The molecular weight excluding hydrogens is 256 g/mol. The second kappa shape index (κ2) is 5.64. The minimum absolute atomic E-state index is 0.297. The zero-order chi connectivity index (χ0) is 15.0. The first-order valence-corrected chi connectivity index (χ1v) is 7.87. The number of aliphatic hydroxyl groups excluding tert-OH is 1. The Morgan fingerprint density at radius 1 is 1.15 bits per heavy atom. The fraction of sp³-hybridized carbons (Fsp3) is 0.938. The molecule has 0 spiro atoms. The molecule has 0 bridgehead atoms. The van der Waals surface area contributed by atoms with E-state index in [2.05, 4.69) is 0 Å². The molecule has 0 unspecified atom stereocenters. The maximum Gasteiger partial charge on any atom is 0.309 e. The SMILES string of the molecule is CC1(C)O[C@](C)([C@@H](O)C2CCCCC2)CC[C@@H]1C(=O)O. The van der Waals surface area contributed by atoms with Gasteiger partial charge >= 0.3 is 5.97 Å². The van der Waals surface area contributed by atoms with Crippen LogP contribution in [0, 0.1) is 11.8 Å². The van der Waals surface area contributed by atoms with Crippen LogP contribution in [-0.4, -0.2) is 33.5 Å². The Morgan fingerprint density at radius 3 is 2.25 bits per heavy atom. The molecule has 1 heterocycles. The van der Waals surface area contributed by atoms with E-state index in [9.17, 15) is 15.0 Å². The predicted octanol–water partition coefficient (Wildman–Crippen LogP) is 2.98. The summed E-state index contributed by atoms with van der Waals surface area (Å²) in [5, 5.41) is 20.0. The Balaban J connectivity index is 2.09. The standard InChI is InChI=1S/C16H28O4/c1-15(2)12(14(18)19)9-10-16(3,20-15)13(17)11-7-5-4-6-8-11/h11-13,17H,4-10H2,1-3H3,(H,18,19)/t12-,13+,16+/m1/s1. The van der Waals surface area contributed by atoms with Crippen LogP contribution < -0.4 is 0 Å². The summed E-state index contributed by atoms with van der Waals surface area (Å²) in [7, 11) is 0. The predicted molar refractivity (Wildman–Crippen MR) is 76.5 cm³/mol. The smallest absolute Gasteiger partial charge is 0.309 e. The van der Waals surface area contributed by atoms with Crippen LogP contribution in [-0.2, 0) is 9.53 Å². The first kappa shape index (κ1) is 15.8. The highest BCUT2D eigenvalue weighted by Crippen LogP contribution is 2.44. The summed E-state index contributed by atoms with van der Waals surface area (Å²) in [6, 6.07) is 0. The van der Waals surface area contributed by atoms with E-state index in [-0.39, 0.29) is 0 Å². The van der Waals surface area contributed by atoms with E-state index in [1.165, 1.54) is 19.3 Å². The summed E-state index contributed by atoms with van der Waals surface area (Å²) in [4.78, 5) is 11.3. The van der Waals surface area contributed by atoms with Crippen LogP contribution in [0.15, 0.2) is 0 Å². The molecule has 20 heavy (non-hydrogen) atoms. The second-order valence-corrected chi connectivity index (χ2v) is 7.29. The highest BCUT2D eigenvalue weighted by molar-refractivity contribution is 5.71. The molecular formula is C16H28O4. The van der Waals surface area contributed by atoms with Gasteiger partial charge in [-0.1, -0.05) is 19.3 Å². The van der Waals surface area contributed by atoms with E-state index in [0.29, 0.717) is 18.8 Å². The van der Waals surface area contributed by atoms with Gasteiger partial charge in [0, 0.05) is 0 Å². The molecule has 1 aliphatic carbocycles. The van der Waals surface area contributed by atoms with Gasteiger partial charge in [0.1, 0.15) is 0 Å². The average Bonchev–Trinajstić information content (AvgIpc) is 2.37. The zero-order valence-electron chi connectivity index (χ0n) is 12.9. The highest BCUT2D eigenvalue weighted by Gasteiger charge is 2.51. The third-order valence-corrected chi connectivity index (χ3v) is 5.28. The lowest BCUT2D eigenvalue weighted by Crippen LogP contribution is -2.58. The number of carboxylic acid groups (broad SMARTS) is 1. The fourth-order valence-corrected chi connectivity index (χ4v) is 4.08. The highest BCUT2D eigenvalue weighted by atomic mass is 16.5. The number of ether oxygens (including phenoxy) is 1. The molecule has 0 aromatic carbocycles. The van der Waals surface area contributed by atoms with E-state index >= 15 is 0 Å². The summed E-state index contributed by atoms with van der Waals surface area (Å²) in [5.41, 5.74) is -1.34. The van der Waals surface area contributed by atoms with Gasteiger partial charge in [-0.3, -0.25) is 4.79 Å². The van der Waals surface area contributed by atoms with Crippen LogP contribution in [0.4, 0.5) is 0 Å². The van der Waals surface area contributed by atoms with Crippen molar-refractivity contribution in [2.45, 2.75) is 83.0 Å². The maximum atomic E-state index is 11.3. The number of aliphatic carboxylic acids is 1. The zero-order valence-corrected chi connectivity index (χ0v) is 12.9. The number of carbonyl (C=O) groups is 1. The number of hydrogen-bond donors (Lipinski definition) is 2. The summed E-state index contributed by atoms with van der Waals surface area (Å²) >= 11 is 0. The molecule has 2 aliphatic rings. The molecule has 0 aromatic heterocycles. The largest absolute Gasteiger partial charge is 0.481 e. The van der Waals surface area contributed by atoms with Crippen LogP contribution >= 0.6 is 0 Å². The first-order valence-electron chi connectivity index (χ1n) is 7.87. The minimum atomic E-state index is -0.802. The molecule has 2 fully saturated rings. The molecule has 0 radical (unpaired) electrons. The molecule has 2 N–H and O–H groups in total. The van der Waals surface area contributed by atoms with Gasteiger partial charge in [0.25, 0.3) is 0 Å². The van der Waals surface area contributed by atoms with Crippen LogP contribution in [0.2, 0.25) is 0 Å². The van der Waals surface area contributed by atoms with Gasteiger partial charge in [0.15, 0.2) is 0 Å². The normalized spacial score (nSPS) is 36.5. The van der Waals surface area contributed by atoms with Crippen LogP contribution in [0.5, 0.6) is 0 Å². The van der Waals surface area contributed by atoms with Gasteiger partial charge < -0.3 is 14.9 Å². The van der Waals surface area contributed by atoms with Gasteiger partial charge in [-0.25, -0.2) is 0 Å². The van der Waals surface area contributed by atoms with Crippen molar-refractivity contribution in [2.75, 3.05) is 0 Å². The number of carboxylic acids is 1. The lowest BCUT2D eigenvalue weighted by Gasteiger charge is -2.50. The molecule has 4 heteroatoms. The second-order valence-electron chi connectivity index (χ2n) is 7.29. The lowest BCUT2D eigenvalue weighted by atomic mass is 9.72. The van der Waals surface area contributed by atoms with E-state index in [1.807, 2.05) is 20.8 Å². The van der Waals surface area contributed by atoms with E-state index in [0.717, 1.165) is 12.8 Å². The Bertz CT molecular complexity index is 359. The van der Waals surface area contributed by atoms with Gasteiger partial charge in [-0.2, -0.15) is 0 Å². The molecule has 1 saturated carbocycles. The van der Waals surface area contributed by atoms with Crippen molar-refractivity contribution in [2.24, 2.45) is 11.8 Å². The van der Waals surface area contributed by atoms with Gasteiger partial charge in [-0.15, -0.1) is 0 Å². The third kappa shape index (κ3) is 3.01. The summed E-state index contributed by atoms with van der Waals surface area (Å²) < 4.78 is 6.12. The Hall–Kier alpha value is -0.610. The monoisotopic (exact) mass is 284 g/mol. The van der Waals surface area contributed by atoms with E-state index in [4.69, 9.17) is 4.74 Å². The van der Waals surface area contributed by atoms with Crippen molar-refractivity contribution < 1.29 is 19.7 Å². The van der Waals surface area contributed by atoms with Crippen molar-refractivity contribution in [1.29, 1.82) is 0 Å². The summed E-state index contributed by atoms with van der Waals surface area (Å²) in [6.07, 6.45) is 6.43. The molecule has 116 valence electrons. The van der Waals surface area contributed by atoms with Crippen LogP contribution in [0.25, 0.3) is 0 Å². The fourth-order valence-electron chi connectivity index (χ4n) is 4.08. The molecule has 0 aromatic rings. The topological polar surface area (TPSA) is 66.8 Å². The van der Waals surface area contributed by atoms with E-state index in [1.54, 1.807) is 0 Å². The van der Waals surface area contributed by atoms with Crippen molar-refractivity contribution in [1.82, 2.24) is 0 Å². The lowest BCUT2D eigenvalue weighted by molar-refractivity contribution is -0.241. The van der Waals surface area contributed by atoms with E-state index < -0.39 is 29.2 Å². The summed E-state index contributed by atoms with van der Waals surface area (Å²) in [6.45, 7) is 5.61. The minimum Gasteiger partial charge on any atom is -0.481 e. The Morgan fingerprint density at radius 2 is 1.75 bits per heavy atom. The van der Waals surface area contributed by atoms with Crippen LogP contribution in [0.1, 0.15) is 65.7 Å². The average molecular weight is 284 g/mol. The number of rotatable bonds is 3. The van der Waals surface area contributed by atoms with Gasteiger partial charge in [0.05, 0.1) is 23.2 Å². The van der Waals surface area contributed by atoms with Crippen LogP contribution in [0.3, 0.4) is 0 Å². The van der Waals surface area contributed by atoms with Crippen molar-refractivity contribution in [3.8, 4) is 0 Å². The quantitative estimate of drug-likeness (QED) is 0.836. The van der Waals surface area contributed by atoms with Gasteiger partial charge in [-0.05, 0) is 52.4 Å². The Labute approximate surface area is 121 Å². The molecule has 3 atom stereocenters. The third-order valence-electron chi connectivity index (χ3n) is 5.28. The van der Waals surface area contributed by atoms with Crippen molar-refractivity contribution in [3.05, 3.63) is 0 Å². The Kier molecular flexibility index (Phi) is 4.45. The molecule has 0 amide bonds. The molecule has 1 saturated heterocycles.